The first-order chi connectivity index (χ1) is 17.2. The SMILES string of the molecule is Cc1ccc(Cl)cc1N(Cc1ccc(C(=O)NCc2ccc(F)cc2)cc1)S(=O)(=O)c1ccccc1. The van der Waals surface area contributed by atoms with Crippen molar-refractivity contribution in [3.63, 3.8) is 0 Å². The molecule has 8 heteroatoms. The van der Waals surface area contributed by atoms with Gasteiger partial charge in [0.1, 0.15) is 5.82 Å². The second-order valence-corrected chi connectivity index (χ2v) is 10.6. The number of sulfonamides is 1. The fourth-order valence-corrected chi connectivity index (χ4v) is 5.38. The summed E-state index contributed by atoms with van der Waals surface area (Å²) in [6.07, 6.45) is 0. The summed E-state index contributed by atoms with van der Waals surface area (Å²) in [6, 6.07) is 26.0. The molecule has 184 valence electrons. The Bertz CT molecular complexity index is 1460. The van der Waals surface area contributed by atoms with Crippen molar-refractivity contribution in [2.45, 2.75) is 24.9 Å². The predicted octanol–water partition coefficient (Wildman–Crippen LogP) is 6.11. The van der Waals surface area contributed by atoms with Gasteiger partial charge < -0.3 is 5.32 Å². The minimum absolute atomic E-state index is 0.0515. The van der Waals surface area contributed by atoms with Crippen LogP contribution < -0.4 is 9.62 Å². The topological polar surface area (TPSA) is 66.5 Å². The fourth-order valence-electron chi connectivity index (χ4n) is 3.68. The minimum Gasteiger partial charge on any atom is -0.348 e. The maximum atomic E-state index is 13.6. The van der Waals surface area contributed by atoms with Crippen LogP contribution in [0.2, 0.25) is 5.02 Å². The first kappa shape index (κ1) is 25.4. The smallest absolute Gasteiger partial charge is 0.264 e. The molecule has 0 radical (unpaired) electrons. The molecule has 4 aromatic rings. The summed E-state index contributed by atoms with van der Waals surface area (Å²) in [6.45, 7) is 2.14. The molecule has 0 heterocycles. The van der Waals surface area contributed by atoms with Crippen molar-refractivity contribution in [3.05, 3.63) is 130 Å². The van der Waals surface area contributed by atoms with Gasteiger partial charge in [-0.05, 0) is 72.1 Å². The number of aryl methyl sites for hydroxylation is 1. The molecule has 4 aromatic carbocycles. The number of benzene rings is 4. The third-order valence-electron chi connectivity index (χ3n) is 5.68. The molecule has 0 unspecified atom stereocenters. The first-order valence-corrected chi connectivity index (χ1v) is 13.0. The molecule has 0 saturated heterocycles. The zero-order chi connectivity index (χ0) is 25.7. The van der Waals surface area contributed by atoms with Crippen LogP contribution in [0.1, 0.15) is 27.0 Å². The van der Waals surface area contributed by atoms with Gasteiger partial charge in [-0.1, -0.05) is 60.1 Å². The van der Waals surface area contributed by atoms with Crippen molar-refractivity contribution in [1.29, 1.82) is 0 Å². The standard InChI is InChI=1S/C28H24ClFN2O3S/c1-20-7-14-24(29)17-27(20)32(36(34,35)26-5-3-2-4-6-26)19-22-8-12-23(13-9-22)28(33)31-18-21-10-15-25(30)16-11-21/h2-17H,18-19H2,1H3,(H,31,33). The maximum absolute atomic E-state index is 13.6. The van der Waals surface area contributed by atoms with Crippen LogP contribution in [0.25, 0.3) is 0 Å². The lowest BCUT2D eigenvalue weighted by atomic mass is 10.1. The van der Waals surface area contributed by atoms with Crippen molar-refractivity contribution in [2.75, 3.05) is 4.31 Å². The Labute approximate surface area is 215 Å². The van der Waals surface area contributed by atoms with E-state index in [9.17, 15) is 17.6 Å². The van der Waals surface area contributed by atoms with E-state index in [2.05, 4.69) is 5.32 Å². The Morgan fingerprint density at radius 1 is 0.889 bits per heavy atom. The molecule has 0 spiro atoms. The second-order valence-electron chi connectivity index (χ2n) is 8.26. The van der Waals surface area contributed by atoms with Crippen molar-refractivity contribution in [1.82, 2.24) is 5.32 Å². The van der Waals surface area contributed by atoms with Crippen LogP contribution in [0, 0.1) is 12.7 Å². The minimum atomic E-state index is -3.89. The predicted molar refractivity (Wildman–Crippen MR) is 140 cm³/mol. The van der Waals surface area contributed by atoms with Crippen LogP contribution in [-0.4, -0.2) is 14.3 Å². The van der Waals surface area contributed by atoms with E-state index < -0.39 is 10.0 Å². The van der Waals surface area contributed by atoms with Crippen molar-refractivity contribution < 1.29 is 17.6 Å². The number of nitrogens with one attached hydrogen (secondary N) is 1. The molecule has 0 aliphatic rings. The molecular formula is C28H24ClFN2O3S. The van der Waals surface area contributed by atoms with E-state index in [1.165, 1.54) is 16.4 Å². The molecule has 4 rings (SSSR count). The van der Waals surface area contributed by atoms with E-state index in [4.69, 9.17) is 11.6 Å². The number of hydrogen-bond acceptors (Lipinski definition) is 3. The van der Waals surface area contributed by atoms with Gasteiger partial charge in [-0.2, -0.15) is 0 Å². The van der Waals surface area contributed by atoms with Crippen LogP contribution >= 0.6 is 11.6 Å². The lowest BCUT2D eigenvalue weighted by Gasteiger charge is -2.26. The van der Waals surface area contributed by atoms with E-state index in [1.54, 1.807) is 84.9 Å². The van der Waals surface area contributed by atoms with Crippen molar-refractivity contribution in [3.8, 4) is 0 Å². The highest BCUT2D eigenvalue weighted by Crippen LogP contribution is 2.31. The van der Waals surface area contributed by atoms with Gasteiger partial charge in [0.05, 0.1) is 17.1 Å². The van der Waals surface area contributed by atoms with Gasteiger partial charge in [-0.3, -0.25) is 9.10 Å². The number of carbonyl (C=O) groups is 1. The number of amides is 1. The molecule has 0 atom stereocenters. The van der Waals surface area contributed by atoms with E-state index in [0.29, 0.717) is 21.8 Å². The summed E-state index contributed by atoms with van der Waals surface area (Å²) in [7, 11) is -3.89. The van der Waals surface area contributed by atoms with E-state index in [0.717, 1.165) is 11.1 Å². The van der Waals surface area contributed by atoms with Gasteiger partial charge in [0.25, 0.3) is 15.9 Å². The molecule has 5 nitrogen and oxygen atoms in total. The molecule has 1 amide bonds. The third-order valence-corrected chi connectivity index (χ3v) is 7.69. The zero-order valence-corrected chi connectivity index (χ0v) is 21.1. The summed E-state index contributed by atoms with van der Waals surface area (Å²) < 4.78 is 41.6. The lowest BCUT2D eigenvalue weighted by molar-refractivity contribution is 0.0951. The number of nitrogens with zero attached hydrogens (tertiary/aromatic N) is 1. The van der Waals surface area contributed by atoms with E-state index in [-0.39, 0.29) is 29.7 Å². The van der Waals surface area contributed by atoms with Gasteiger partial charge in [0.2, 0.25) is 0 Å². The van der Waals surface area contributed by atoms with Gasteiger partial charge in [-0.15, -0.1) is 0 Å². The highest BCUT2D eigenvalue weighted by Gasteiger charge is 2.26. The number of hydrogen-bond donors (Lipinski definition) is 1. The summed E-state index contributed by atoms with van der Waals surface area (Å²) in [5, 5.41) is 3.23. The van der Waals surface area contributed by atoms with Crippen LogP contribution in [0.4, 0.5) is 10.1 Å². The second kappa shape index (κ2) is 10.9. The van der Waals surface area contributed by atoms with Gasteiger partial charge in [0, 0.05) is 17.1 Å². The molecule has 0 fully saturated rings. The number of anilines is 1. The average molecular weight is 523 g/mol. The zero-order valence-electron chi connectivity index (χ0n) is 19.5. The van der Waals surface area contributed by atoms with Crippen molar-refractivity contribution >= 4 is 33.2 Å². The average Bonchev–Trinajstić information content (AvgIpc) is 2.89. The Hall–Kier alpha value is -3.68. The normalized spacial score (nSPS) is 11.2. The Morgan fingerprint density at radius 3 is 2.19 bits per heavy atom. The molecule has 0 aromatic heterocycles. The van der Waals surface area contributed by atoms with E-state index >= 15 is 0 Å². The summed E-state index contributed by atoms with van der Waals surface area (Å²) in [5.41, 5.74) is 3.14. The van der Waals surface area contributed by atoms with Crippen LogP contribution in [0.5, 0.6) is 0 Å². The third kappa shape index (κ3) is 5.93. The Kier molecular flexibility index (Phi) is 7.72. The fraction of sp³-hybridized carbons (Fsp3) is 0.107. The number of rotatable bonds is 8. The number of halogens is 2. The van der Waals surface area contributed by atoms with Gasteiger partial charge in [-0.25, -0.2) is 12.8 Å². The summed E-state index contributed by atoms with van der Waals surface area (Å²) in [5.74, 6) is -0.623. The molecular weight excluding hydrogens is 499 g/mol. The van der Waals surface area contributed by atoms with Crippen LogP contribution in [-0.2, 0) is 23.1 Å². The Balaban J connectivity index is 1.57. The largest absolute Gasteiger partial charge is 0.348 e. The van der Waals surface area contributed by atoms with Crippen LogP contribution in [0.3, 0.4) is 0 Å². The van der Waals surface area contributed by atoms with Crippen LogP contribution in [0.15, 0.2) is 102 Å². The highest BCUT2D eigenvalue weighted by atomic mass is 35.5. The summed E-state index contributed by atoms with van der Waals surface area (Å²) in [4.78, 5) is 12.7. The molecule has 1 N–H and O–H groups in total. The maximum Gasteiger partial charge on any atom is 0.264 e. The van der Waals surface area contributed by atoms with Crippen molar-refractivity contribution in [2.24, 2.45) is 0 Å². The summed E-state index contributed by atoms with van der Waals surface area (Å²) >= 11 is 6.21. The molecule has 0 aliphatic carbocycles. The quantitative estimate of drug-likeness (QED) is 0.303. The highest BCUT2D eigenvalue weighted by molar-refractivity contribution is 7.92. The molecule has 0 bridgehead atoms. The van der Waals surface area contributed by atoms with Gasteiger partial charge >= 0.3 is 0 Å². The molecule has 0 saturated carbocycles. The number of carbonyl (C=O) groups excluding carboxylic acids is 1. The molecule has 36 heavy (non-hydrogen) atoms. The Morgan fingerprint density at radius 2 is 1.53 bits per heavy atom. The first-order valence-electron chi connectivity index (χ1n) is 11.2. The van der Waals surface area contributed by atoms with E-state index in [1.807, 2.05) is 6.92 Å². The monoisotopic (exact) mass is 522 g/mol. The van der Waals surface area contributed by atoms with Gasteiger partial charge in [0.15, 0.2) is 0 Å². The lowest BCUT2D eigenvalue weighted by Crippen LogP contribution is -2.31. The molecule has 0 aliphatic heterocycles.